The maximum Gasteiger partial charge on any atom is 0.423 e. The van der Waals surface area contributed by atoms with Crippen molar-refractivity contribution in [1.82, 2.24) is 24.6 Å². The van der Waals surface area contributed by atoms with E-state index in [1.807, 2.05) is 0 Å². The number of benzene rings is 1. The minimum absolute atomic E-state index is 0.0409. The third kappa shape index (κ3) is 8.12. The highest BCUT2D eigenvalue weighted by Crippen LogP contribution is 2.36. The summed E-state index contributed by atoms with van der Waals surface area (Å²) in [5, 5.41) is 4.06. The molecule has 2 aliphatic rings. The lowest BCUT2D eigenvalue weighted by molar-refractivity contribution is -0.139. The van der Waals surface area contributed by atoms with Gasteiger partial charge in [-0.3, -0.25) is 9.59 Å². The molecule has 2 fully saturated rings. The lowest BCUT2D eigenvalue weighted by Gasteiger charge is -2.34. The number of methoxy groups -OCH3 is 1. The zero-order valence-corrected chi connectivity index (χ0v) is 25.4. The number of amides is 1. The second kappa shape index (κ2) is 14.1. The van der Waals surface area contributed by atoms with Crippen LogP contribution in [0.25, 0.3) is 0 Å². The summed E-state index contributed by atoms with van der Waals surface area (Å²) in [6.07, 6.45) is -5.76. The predicted molar refractivity (Wildman–Crippen MR) is 157 cm³/mol. The van der Waals surface area contributed by atoms with Crippen LogP contribution in [0.1, 0.15) is 36.0 Å². The number of carbonyl (C=O) groups is 1. The Morgan fingerprint density at radius 3 is 2.23 bits per heavy atom. The number of nitrogens with zero attached hydrogens (tertiary/aromatic N) is 7. The quantitative estimate of drug-likeness (QED) is 0.235. The summed E-state index contributed by atoms with van der Waals surface area (Å²) < 4.78 is 92.7. The number of hydrogen-bond acceptors (Lipinski definition) is 9. The number of piperazine rings is 1. The largest absolute Gasteiger partial charge is 0.497 e. The molecule has 0 N–H and O–H groups in total. The van der Waals surface area contributed by atoms with Crippen molar-refractivity contribution in [3.8, 4) is 5.75 Å². The first-order chi connectivity index (χ1) is 22.3. The predicted octanol–water partition coefficient (Wildman–Crippen LogP) is 3.85. The first kappa shape index (κ1) is 33.9. The van der Waals surface area contributed by atoms with Gasteiger partial charge in [0.05, 0.1) is 56.8 Å². The van der Waals surface area contributed by atoms with Gasteiger partial charge in [-0.05, 0) is 30.5 Å². The molecule has 4 heterocycles. The zero-order valence-electron chi connectivity index (χ0n) is 25.4. The monoisotopic (exact) mass is 669 g/mol. The van der Waals surface area contributed by atoms with Crippen LogP contribution in [-0.4, -0.2) is 89.6 Å². The van der Waals surface area contributed by atoms with Gasteiger partial charge in [0, 0.05) is 45.1 Å². The van der Waals surface area contributed by atoms with E-state index < -0.39 is 35.1 Å². The van der Waals surface area contributed by atoms with Crippen molar-refractivity contribution >= 4 is 17.5 Å². The molecule has 17 heteroatoms. The highest BCUT2D eigenvalue weighted by Gasteiger charge is 2.41. The maximum atomic E-state index is 14.3. The maximum absolute atomic E-state index is 14.3. The van der Waals surface area contributed by atoms with Crippen LogP contribution in [0.2, 0.25) is 0 Å². The van der Waals surface area contributed by atoms with Crippen LogP contribution in [0.5, 0.6) is 5.75 Å². The minimum Gasteiger partial charge on any atom is -0.497 e. The Kier molecular flexibility index (Phi) is 10.2. The summed E-state index contributed by atoms with van der Waals surface area (Å²) in [5.74, 6) is 0.526. The minimum atomic E-state index is -4.92. The Labute approximate surface area is 265 Å². The number of halogens is 6. The lowest BCUT2D eigenvalue weighted by atomic mass is 10.1. The first-order valence-electron chi connectivity index (χ1n) is 14.9. The van der Waals surface area contributed by atoms with E-state index in [1.54, 1.807) is 34.1 Å². The molecule has 1 aromatic carbocycles. The fourth-order valence-electron chi connectivity index (χ4n) is 5.63. The average Bonchev–Trinajstić information content (AvgIpc) is 3.52. The number of alkyl halides is 6. The molecule has 2 aromatic heterocycles. The van der Waals surface area contributed by atoms with Crippen LogP contribution in [0.4, 0.5) is 38.0 Å². The van der Waals surface area contributed by atoms with Crippen LogP contribution in [0, 0.1) is 0 Å². The first-order valence-corrected chi connectivity index (χ1v) is 14.9. The fourth-order valence-corrected chi connectivity index (χ4v) is 5.63. The molecule has 1 unspecified atom stereocenters. The van der Waals surface area contributed by atoms with Crippen LogP contribution >= 0.6 is 0 Å². The molecular weight excluding hydrogens is 636 g/mol. The van der Waals surface area contributed by atoms with Gasteiger partial charge < -0.3 is 24.2 Å². The van der Waals surface area contributed by atoms with Gasteiger partial charge in [0.15, 0.2) is 0 Å². The molecule has 1 atom stereocenters. The number of aromatic nitrogens is 4. The van der Waals surface area contributed by atoms with Gasteiger partial charge in [0.1, 0.15) is 11.3 Å². The summed E-state index contributed by atoms with van der Waals surface area (Å²) in [5.41, 5.74) is -3.19. The third-order valence-corrected chi connectivity index (χ3v) is 8.14. The molecule has 0 aliphatic carbocycles. The van der Waals surface area contributed by atoms with Gasteiger partial charge >= 0.3 is 12.4 Å². The van der Waals surface area contributed by atoms with Crippen LogP contribution < -0.4 is 20.1 Å². The molecule has 11 nitrogen and oxygen atoms in total. The molecule has 3 aromatic rings. The highest BCUT2D eigenvalue weighted by atomic mass is 19.4. The molecular formula is C30H33F6N7O4. The van der Waals surface area contributed by atoms with Gasteiger partial charge in [0.25, 0.3) is 5.56 Å². The Morgan fingerprint density at radius 2 is 1.62 bits per heavy atom. The molecule has 0 radical (unpaired) electrons. The molecule has 5 rings (SSSR count). The summed E-state index contributed by atoms with van der Waals surface area (Å²) >= 11 is 0. The molecule has 0 bridgehead atoms. The van der Waals surface area contributed by atoms with Crippen molar-refractivity contribution in [3.63, 3.8) is 0 Å². The van der Waals surface area contributed by atoms with E-state index in [-0.39, 0.29) is 50.3 Å². The Morgan fingerprint density at radius 1 is 0.936 bits per heavy atom. The van der Waals surface area contributed by atoms with Crippen LogP contribution in [-0.2, 0) is 28.4 Å². The molecule has 2 aliphatic heterocycles. The number of rotatable bonds is 10. The van der Waals surface area contributed by atoms with E-state index >= 15 is 0 Å². The normalized spacial score (nSPS) is 17.3. The number of anilines is 2. The van der Waals surface area contributed by atoms with Gasteiger partial charge in [-0.2, -0.15) is 31.4 Å². The Bertz CT molecular complexity index is 1570. The van der Waals surface area contributed by atoms with Crippen molar-refractivity contribution in [2.45, 2.75) is 44.2 Å². The topological polar surface area (TPSA) is 106 Å². The SMILES string of the molecule is COc1ccc(Cn2ncc(N3CCCC3COCCC(=O)N3CCN(c4ncc(C(F)(F)F)cn4)CC3)c(C(F)(F)F)c2=O)cc1. The van der Waals surface area contributed by atoms with Gasteiger partial charge in [-0.25, -0.2) is 14.6 Å². The van der Waals surface area contributed by atoms with Crippen molar-refractivity contribution in [2.75, 3.05) is 62.8 Å². The standard InChI is InChI=1S/C30H33F6N7O4/c1-46-23-6-4-20(5-7-23)18-43-27(45)26(30(34,35)36)24(17-39-43)42-9-2-3-22(42)19-47-14-8-25(44)40-10-12-41(13-11-40)28-37-15-21(16-38-28)29(31,32)33/h4-7,15-17,22H,2-3,8-14,18-19H2,1H3. The van der Waals surface area contributed by atoms with Crippen molar-refractivity contribution in [2.24, 2.45) is 0 Å². The molecule has 2 saturated heterocycles. The van der Waals surface area contributed by atoms with E-state index in [9.17, 15) is 35.9 Å². The van der Waals surface area contributed by atoms with Gasteiger partial charge in [-0.1, -0.05) is 12.1 Å². The molecule has 1 amide bonds. The van der Waals surface area contributed by atoms with Gasteiger partial charge in [-0.15, -0.1) is 0 Å². The molecule has 0 saturated carbocycles. The highest BCUT2D eigenvalue weighted by molar-refractivity contribution is 5.76. The Hall–Kier alpha value is -4.41. The van der Waals surface area contributed by atoms with E-state index in [4.69, 9.17) is 9.47 Å². The second-order valence-electron chi connectivity index (χ2n) is 11.2. The lowest BCUT2D eigenvalue weighted by Crippen LogP contribution is -2.49. The average molecular weight is 670 g/mol. The number of carbonyl (C=O) groups excluding carboxylic acids is 1. The second-order valence-corrected chi connectivity index (χ2v) is 11.2. The fraction of sp³-hybridized carbons (Fsp3) is 0.500. The van der Waals surface area contributed by atoms with Crippen molar-refractivity contribution in [1.29, 1.82) is 0 Å². The van der Waals surface area contributed by atoms with Gasteiger partial charge in [0.2, 0.25) is 11.9 Å². The number of ether oxygens (including phenoxy) is 2. The van der Waals surface area contributed by atoms with Crippen molar-refractivity contribution < 1.29 is 40.6 Å². The summed E-state index contributed by atoms with van der Waals surface area (Å²) in [6, 6.07) is 6.13. The molecule has 47 heavy (non-hydrogen) atoms. The van der Waals surface area contributed by atoms with E-state index in [2.05, 4.69) is 15.1 Å². The van der Waals surface area contributed by atoms with Crippen LogP contribution in [0.15, 0.2) is 47.7 Å². The van der Waals surface area contributed by atoms with E-state index in [1.165, 1.54) is 12.0 Å². The van der Waals surface area contributed by atoms with Crippen molar-refractivity contribution in [3.05, 3.63) is 69.9 Å². The summed E-state index contributed by atoms with van der Waals surface area (Å²) in [6.45, 7) is 1.54. The molecule has 0 spiro atoms. The Balaban J connectivity index is 1.14. The summed E-state index contributed by atoms with van der Waals surface area (Å²) in [4.78, 5) is 38.2. The smallest absolute Gasteiger partial charge is 0.423 e. The number of hydrogen-bond donors (Lipinski definition) is 0. The van der Waals surface area contributed by atoms with E-state index in [0.717, 1.165) is 23.3 Å². The van der Waals surface area contributed by atoms with E-state index in [0.29, 0.717) is 50.3 Å². The third-order valence-electron chi connectivity index (χ3n) is 8.14. The molecule has 254 valence electrons. The van der Waals surface area contributed by atoms with Crippen LogP contribution in [0.3, 0.4) is 0 Å². The summed E-state index contributed by atoms with van der Waals surface area (Å²) in [7, 11) is 1.49. The zero-order chi connectivity index (χ0) is 33.8.